The molecule has 110 valence electrons. The van der Waals surface area contributed by atoms with E-state index in [1.807, 2.05) is 30.3 Å². The Morgan fingerprint density at radius 3 is 2.67 bits per heavy atom. The van der Waals surface area contributed by atoms with Crippen LogP contribution in [-0.2, 0) is 9.53 Å². The first-order valence-corrected chi connectivity index (χ1v) is 7.43. The Kier molecular flexibility index (Phi) is 5.22. The lowest BCUT2D eigenvalue weighted by Gasteiger charge is -2.16. The second kappa shape index (κ2) is 7.13. The number of nitrogens with two attached hydrogens (primary N) is 1. The van der Waals surface area contributed by atoms with Crippen molar-refractivity contribution in [2.75, 3.05) is 12.3 Å². The number of esters is 1. The molecular weight excluding hydrogens is 289 g/mol. The van der Waals surface area contributed by atoms with E-state index in [9.17, 15) is 9.18 Å². The Labute approximate surface area is 127 Å². The number of hydrogen-bond donors (Lipinski definition) is 1. The molecule has 2 aromatic rings. The van der Waals surface area contributed by atoms with Crippen molar-refractivity contribution in [3.8, 4) is 0 Å². The second-order valence-electron chi connectivity index (χ2n) is 4.34. The lowest BCUT2D eigenvalue weighted by Crippen LogP contribution is -2.13. The molecule has 21 heavy (non-hydrogen) atoms. The molecule has 2 aromatic carbocycles. The summed E-state index contributed by atoms with van der Waals surface area (Å²) in [5, 5.41) is -0.574. The monoisotopic (exact) mass is 305 g/mol. The summed E-state index contributed by atoms with van der Waals surface area (Å²) >= 11 is 1.19. The molecule has 0 fully saturated rings. The average Bonchev–Trinajstić information content (AvgIpc) is 2.49. The highest BCUT2D eigenvalue weighted by molar-refractivity contribution is 8.00. The quantitative estimate of drug-likeness (QED) is 0.518. The summed E-state index contributed by atoms with van der Waals surface area (Å²) in [6, 6.07) is 13.3. The van der Waals surface area contributed by atoms with E-state index in [-0.39, 0.29) is 11.8 Å². The van der Waals surface area contributed by atoms with Crippen molar-refractivity contribution >= 4 is 23.4 Å². The summed E-state index contributed by atoms with van der Waals surface area (Å²) in [4.78, 5) is 12.7. The molecule has 0 bridgehead atoms. The average molecular weight is 305 g/mol. The minimum atomic E-state index is -0.574. The number of anilines is 1. The van der Waals surface area contributed by atoms with E-state index in [0.717, 1.165) is 5.56 Å². The third-order valence-electron chi connectivity index (χ3n) is 2.82. The van der Waals surface area contributed by atoms with Gasteiger partial charge in [-0.25, -0.2) is 4.39 Å². The van der Waals surface area contributed by atoms with E-state index in [4.69, 9.17) is 10.5 Å². The molecule has 0 radical (unpaired) electrons. The van der Waals surface area contributed by atoms with Crippen molar-refractivity contribution in [2.24, 2.45) is 0 Å². The van der Waals surface area contributed by atoms with Gasteiger partial charge >= 0.3 is 5.97 Å². The topological polar surface area (TPSA) is 52.3 Å². The van der Waals surface area contributed by atoms with Gasteiger partial charge in [-0.05, 0) is 30.7 Å². The Morgan fingerprint density at radius 1 is 1.29 bits per heavy atom. The summed E-state index contributed by atoms with van der Waals surface area (Å²) in [6.07, 6.45) is 0. The third-order valence-corrected chi connectivity index (χ3v) is 4.13. The van der Waals surface area contributed by atoms with Gasteiger partial charge < -0.3 is 10.5 Å². The van der Waals surface area contributed by atoms with Gasteiger partial charge in [0.05, 0.1) is 6.61 Å². The summed E-state index contributed by atoms with van der Waals surface area (Å²) in [7, 11) is 0. The second-order valence-corrected chi connectivity index (χ2v) is 5.49. The number of carbonyl (C=O) groups is 1. The largest absolute Gasteiger partial charge is 0.465 e. The van der Waals surface area contributed by atoms with Gasteiger partial charge in [-0.1, -0.05) is 30.3 Å². The van der Waals surface area contributed by atoms with Gasteiger partial charge in [0.15, 0.2) is 0 Å². The SMILES string of the molecule is CCOC(=O)C(Sc1cc(F)ccc1N)c1ccccc1. The smallest absolute Gasteiger partial charge is 0.323 e. The van der Waals surface area contributed by atoms with Crippen molar-refractivity contribution in [1.29, 1.82) is 0 Å². The van der Waals surface area contributed by atoms with E-state index in [0.29, 0.717) is 17.2 Å². The number of hydrogen-bond acceptors (Lipinski definition) is 4. The number of nitrogen functional groups attached to an aromatic ring is 1. The minimum Gasteiger partial charge on any atom is -0.465 e. The number of benzene rings is 2. The Hall–Kier alpha value is -2.01. The van der Waals surface area contributed by atoms with Gasteiger partial charge in [0.25, 0.3) is 0 Å². The minimum absolute atomic E-state index is 0.293. The van der Waals surface area contributed by atoms with E-state index in [1.54, 1.807) is 6.92 Å². The van der Waals surface area contributed by atoms with Gasteiger partial charge in [0.1, 0.15) is 11.1 Å². The van der Waals surface area contributed by atoms with Crippen LogP contribution >= 0.6 is 11.8 Å². The molecule has 0 aliphatic rings. The fraction of sp³-hybridized carbons (Fsp3) is 0.188. The van der Waals surface area contributed by atoms with Crippen LogP contribution in [0.1, 0.15) is 17.7 Å². The number of ether oxygens (including phenoxy) is 1. The maximum absolute atomic E-state index is 13.4. The first kappa shape index (κ1) is 15.4. The number of halogens is 1. The molecule has 5 heteroatoms. The zero-order valence-electron chi connectivity index (χ0n) is 11.6. The predicted octanol–water partition coefficient (Wildman–Crippen LogP) is 3.80. The van der Waals surface area contributed by atoms with Crippen molar-refractivity contribution in [1.82, 2.24) is 0 Å². The van der Waals surface area contributed by atoms with Crippen molar-refractivity contribution in [3.63, 3.8) is 0 Å². The first-order chi connectivity index (χ1) is 10.1. The normalized spacial score (nSPS) is 11.9. The molecule has 0 aliphatic carbocycles. The number of rotatable bonds is 5. The molecular formula is C16H16FNO2S. The summed E-state index contributed by atoms with van der Waals surface area (Å²) in [6.45, 7) is 2.04. The fourth-order valence-electron chi connectivity index (χ4n) is 1.84. The van der Waals surface area contributed by atoms with Crippen LogP contribution in [0.4, 0.5) is 10.1 Å². The van der Waals surface area contributed by atoms with E-state index in [1.165, 1.54) is 30.0 Å². The summed E-state index contributed by atoms with van der Waals surface area (Å²) < 4.78 is 18.5. The van der Waals surface area contributed by atoms with E-state index >= 15 is 0 Å². The lowest BCUT2D eigenvalue weighted by atomic mass is 10.1. The van der Waals surface area contributed by atoms with E-state index < -0.39 is 5.25 Å². The highest BCUT2D eigenvalue weighted by Gasteiger charge is 2.24. The molecule has 0 amide bonds. The van der Waals surface area contributed by atoms with Crippen LogP contribution in [-0.4, -0.2) is 12.6 Å². The molecule has 2 rings (SSSR count). The standard InChI is InChI=1S/C16H16FNO2S/c1-2-20-16(19)15(11-6-4-3-5-7-11)21-14-10-12(17)8-9-13(14)18/h3-10,15H,2,18H2,1H3. The fourth-order valence-corrected chi connectivity index (χ4v) is 2.93. The first-order valence-electron chi connectivity index (χ1n) is 6.55. The zero-order chi connectivity index (χ0) is 15.2. The molecule has 0 saturated heterocycles. The Balaban J connectivity index is 2.32. The molecule has 3 nitrogen and oxygen atoms in total. The third kappa shape index (κ3) is 3.98. The van der Waals surface area contributed by atoms with Crippen molar-refractivity contribution in [3.05, 3.63) is 59.9 Å². The molecule has 0 aliphatic heterocycles. The molecule has 0 spiro atoms. The Morgan fingerprint density at radius 2 is 2.00 bits per heavy atom. The van der Waals surface area contributed by atoms with Crippen LogP contribution in [0.15, 0.2) is 53.4 Å². The van der Waals surface area contributed by atoms with Gasteiger partial charge in [0, 0.05) is 10.6 Å². The molecule has 0 saturated carbocycles. The molecule has 1 unspecified atom stereocenters. The molecule has 2 N–H and O–H groups in total. The van der Waals surface area contributed by atoms with Gasteiger partial charge in [0.2, 0.25) is 0 Å². The predicted molar refractivity (Wildman–Crippen MR) is 82.5 cm³/mol. The van der Waals surface area contributed by atoms with Crippen LogP contribution in [0.3, 0.4) is 0 Å². The number of thioether (sulfide) groups is 1. The lowest BCUT2D eigenvalue weighted by molar-refractivity contribution is -0.142. The zero-order valence-corrected chi connectivity index (χ0v) is 12.4. The van der Waals surface area contributed by atoms with Gasteiger partial charge in [-0.3, -0.25) is 4.79 Å². The van der Waals surface area contributed by atoms with E-state index in [2.05, 4.69) is 0 Å². The molecule has 1 atom stereocenters. The Bertz CT molecular complexity index is 619. The van der Waals surface area contributed by atoms with Crippen molar-refractivity contribution < 1.29 is 13.9 Å². The maximum atomic E-state index is 13.4. The summed E-state index contributed by atoms with van der Waals surface area (Å²) in [5.74, 6) is -0.750. The molecule has 0 aromatic heterocycles. The maximum Gasteiger partial charge on any atom is 0.323 e. The highest BCUT2D eigenvalue weighted by Crippen LogP contribution is 2.39. The van der Waals surface area contributed by atoms with Crippen LogP contribution in [0.2, 0.25) is 0 Å². The van der Waals surface area contributed by atoms with Gasteiger partial charge in [-0.15, -0.1) is 11.8 Å². The van der Waals surface area contributed by atoms with Crippen molar-refractivity contribution in [2.45, 2.75) is 17.1 Å². The van der Waals surface area contributed by atoms with Crippen LogP contribution in [0, 0.1) is 5.82 Å². The van der Waals surface area contributed by atoms with Crippen LogP contribution in [0.5, 0.6) is 0 Å². The highest BCUT2D eigenvalue weighted by atomic mass is 32.2. The summed E-state index contributed by atoms with van der Waals surface area (Å²) in [5.41, 5.74) is 7.08. The van der Waals surface area contributed by atoms with Gasteiger partial charge in [-0.2, -0.15) is 0 Å². The molecule has 0 heterocycles. The van der Waals surface area contributed by atoms with Crippen LogP contribution < -0.4 is 5.73 Å². The van der Waals surface area contributed by atoms with Crippen LogP contribution in [0.25, 0.3) is 0 Å². The number of carbonyl (C=O) groups excluding carboxylic acids is 1.